The molecule has 3 rings (SSSR count). The molecule has 2 aliphatic heterocycles. The van der Waals surface area contributed by atoms with E-state index in [1.807, 2.05) is 0 Å². The van der Waals surface area contributed by atoms with E-state index in [1.54, 1.807) is 11.3 Å². The highest BCUT2D eigenvalue weighted by atomic mass is 32.1. The minimum atomic E-state index is -0.0399. The molecule has 1 saturated heterocycles. The van der Waals surface area contributed by atoms with E-state index in [4.69, 9.17) is 0 Å². The van der Waals surface area contributed by atoms with Gasteiger partial charge in [0.15, 0.2) is 0 Å². The average molecular weight is 262 g/mol. The number of hydrogen-bond donors (Lipinski definition) is 0. The molecule has 4 nitrogen and oxygen atoms in total. The largest absolute Gasteiger partial charge is 0.289 e. The molecule has 0 bridgehead atoms. The fourth-order valence-electron chi connectivity index (χ4n) is 2.47. The molecule has 0 N–H and O–H groups in total. The van der Waals surface area contributed by atoms with Crippen LogP contribution < -0.4 is 0 Å². The molecular weight excluding hydrogens is 248 g/mol. The zero-order valence-electron chi connectivity index (χ0n) is 10.0. The Labute approximate surface area is 109 Å². The minimum Gasteiger partial charge on any atom is -0.289 e. The summed E-state index contributed by atoms with van der Waals surface area (Å²) in [4.78, 5) is 30.3. The summed E-state index contributed by atoms with van der Waals surface area (Å²) in [6.45, 7) is 1.30. The van der Waals surface area contributed by atoms with Crippen molar-refractivity contribution in [3.05, 3.63) is 21.9 Å². The molecule has 5 heteroatoms. The summed E-state index contributed by atoms with van der Waals surface area (Å²) in [7, 11) is 0. The normalized spacial score (nSPS) is 19.1. The predicted molar refractivity (Wildman–Crippen MR) is 70.0 cm³/mol. The second-order valence-electron chi connectivity index (χ2n) is 4.52. The van der Waals surface area contributed by atoms with E-state index in [9.17, 15) is 9.59 Å². The maximum atomic E-state index is 11.5. The van der Waals surface area contributed by atoms with Crippen LogP contribution in [-0.2, 0) is 16.0 Å². The van der Waals surface area contributed by atoms with E-state index >= 15 is 0 Å². The maximum Gasteiger partial charge on any atom is 0.229 e. The molecule has 0 saturated carbocycles. The molecule has 2 amide bonds. The Morgan fingerprint density at radius 2 is 2.00 bits per heavy atom. The number of aliphatic imine (C=N–C) groups is 1. The number of amides is 2. The monoisotopic (exact) mass is 262 g/mol. The van der Waals surface area contributed by atoms with Gasteiger partial charge in [0.05, 0.1) is 0 Å². The lowest BCUT2D eigenvalue weighted by atomic mass is 10.0. The second kappa shape index (κ2) is 4.65. The topological polar surface area (TPSA) is 49.7 Å². The van der Waals surface area contributed by atoms with Crippen molar-refractivity contribution >= 4 is 28.9 Å². The van der Waals surface area contributed by atoms with Crippen LogP contribution in [0.15, 0.2) is 16.4 Å². The standard InChI is InChI=1S/C13H14N2O2S/c16-12-1-2-13(17)15(12)7-4-10-9-5-8-18-11(9)3-6-14-10/h5,8H,1-4,6-7H2. The Kier molecular flexibility index (Phi) is 2.99. The molecule has 2 aliphatic rings. The highest BCUT2D eigenvalue weighted by molar-refractivity contribution is 7.10. The van der Waals surface area contributed by atoms with Gasteiger partial charge in [-0.15, -0.1) is 11.3 Å². The number of thiophene rings is 1. The number of hydrogen-bond acceptors (Lipinski definition) is 4. The molecule has 1 aromatic heterocycles. The number of rotatable bonds is 3. The van der Waals surface area contributed by atoms with Crippen molar-refractivity contribution in [1.82, 2.24) is 4.90 Å². The molecule has 0 aliphatic carbocycles. The number of nitrogens with zero attached hydrogens (tertiary/aromatic N) is 2. The highest BCUT2D eigenvalue weighted by Gasteiger charge is 2.29. The Morgan fingerprint density at radius 1 is 1.22 bits per heavy atom. The number of likely N-dealkylation sites (tertiary alicyclic amines) is 1. The van der Waals surface area contributed by atoms with Gasteiger partial charge < -0.3 is 0 Å². The van der Waals surface area contributed by atoms with Gasteiger partial charge in [-0.3, -0.25) is 19.5 Å². The van der Waals surface area contributed by atoms with E-state index in [2.05, 4.69) is 16.4 Å². The molecule has 1 fully saturated rings. The van der Waals surface area contributed by atoms with E-state index in [0.29, 0.717) is 25.8 Å². The van der Waals surface area contributed by atoms with Crippen LogP contribution in [0.25, 0.3) is 0 Å². The van der Waals surface area contributed by atoms with E-state index < -0.39 is 0 Å². The first-order chi connectivity index (χ1) is 8.75. The maximum absolute atomic E-state index is 11.5. The quantitative estimate of drug-likeness (QED) is 0.777. The average Bonchev–Trinajstić information content (AvgIpc) is 2.95. The van der Waals surface area contributed by atoms with Gasteiger partial charge >= 0.3 is 0 Å². The van der Waals surface area contributed by atoms with Gasteiger partial charge in [-0.05, 0) is 11.4 Å². The third-order valence-electron chi connectivity index (χ3n) is 3.42. The molecule has 94 valence electrons. The van der Waals surface area contributed by atoms with E-state index in [1.165, 1.54) is 15.3 Å². The first-order valence-corrected chi connectivity index (χ1v) is 7.07. The van der Waals surface area contributed by atoms with Crippen molar-refractivity contribution in [3.8, 4) is 0 Å². The molecule has 0 unspecified atom stereocenters. The van der Waals surface area contributed by atoms with Crippen molar-refractivity contribution in [1.29, 1.82) is 0 Å². The molecular formula is C13H14N2O2S. The van der Waals surface area contributed by atoms with Crippen LogP contribution >= 0.6 is 11.3 Å². The van der Waals surface area contributed by atoms with Crippen molar-refractivity contribution in [2.45, 2.75) is 25.7 Å². The second-order valence-corrected chi connectivity index (χ2v) is 5.53. The SMILES string of the molecule is O=C1CCC(=O)N1CCC1=NCCc2sccc21. The molecule has 18 heavy (non-hydrogen) atoms. The number of imide groups is 1. The van der Waals surface area contributed by atoms with Crippen LogP contribution in [0, 0.1) is 0 Å². The lowest BCUT2D eigenvalue weighted by molar-refractivity contribution is -0.138. The van der Waals surface area contributed by atoms with Crippen LogP contribution in [-0.4, -0.2) is 35.5 Å². The van der Waals surface area contributed by atoms with Crippen LogP contribution in [0.4, 0.5) is 0 Å². The number of carbonyl (C=O) groups excluding carboxylic acids is 2. The summed E-state index contributed by atoms with van der Waals surface area (Å²) < 4.78 is 0. The summed E-state index contributed by atoms with van der Waals surface area (Å²) in [6.07, 6.45) is 2.43. The van der Waals surface area contributed by atoms with Crippen molar-refractivity contribution in [2.75, 3.05) is 13.1 Å². The zero-order valence-corrected chi connectivity index (χ0v) is 10.8. The van der Waals surface area contributed by atoms with Gasteiger partial charge in [-0.25, -0.2) is 0 Å². The van der Waals surface area contributed by atoms with Crippen LogP contribution in [0.3, 0.4) is 0 Å². The summed E-state index contributed by atoms with van der Waals surface area (Å²) in [5, 5.41) is 2.08. The van der Waals surface area contributed by atoms with Crippen LogP contribution in [0.1, 0.15) is 29.7 Å². The van der Waals surface area contributed by atoms with Gasteiger partial charge in [0, 0.05) is 54.9 Å². The third kappa shape index (κ3) is 1.99. The number of fused-ring (bicyclic) bond motifs is 1. The number of carbonyl (C=O) groups is 2. The van der Waals surface area contributed by atoms with E-state index in [0.717, 1.165) is 18.7 Å². The Bertz CT molecular complexity index is 517. The summed E-state index contributed by atoms with van der Waals surface area (Å²) in [6, 6.07) is 2.09. The van der Waals surface area contributed by atoms with E-state index in [-0.39, 0.29) is 11.8 Å². The molecule has 0 spiro atoms. The smallest absolute Gasteiger partial charge is 0.229 e. The van der Waals surface area contributed by atoms with Gasteiger partial charge in [-0.2, -0.15) is 0 Å². The molecule has 0 radical (unpaired) electrons. The van der Waals surface area contributed by atoms with Crippen LogP contribution in [0.2, 0.25) is 0 Å². The lowest BCUT2D eigenvalue weighted by Crippen LogP contribution is -2.31. The first-order valence-electron chi connectivity index (χ1n) is 6.19. The summed E-state index contributed by atoms with van der Waals surface area (Å²) in [5.74, 6) is -0.0797. The molecule has 3 heterocycles. The fraction of sp³-hybridized carbons (Fsp3) is 0.462. The summed E-state index contributed by atoms with van der Waals surface area (Å²) in [5.41, 5.74) is 2.26. The highest BCUT2D eigenvalue weighted by Crippen LogP contribution is 2.23. The predicted octanol–water partition coefficient (Wildman–Crippen LogP) is 1.63. The lowest BCUT2D eigenvalue weighted by Gasteiger charge is -2.17. The fourth-order valence-corrected chi connectivity index (χ4v) is 3.36. The molecule has 1 aromatic rings. The van der Waals surface area contributed by atoms with Gasteiger partial charge in [0.2, 0.25) is 11.8 Å². The van der Waals surface area contributed by atoms with Gasteiger partial charge in [0.25, 0.3) is 0 Å². The van der Waals surface area contributed by atoms with Crippen molar-refractivity contribution in [2.24, 2.45) is 4.99 Å². The van der Waals surface area contributed by atoms with Crippen molar-refractivity contribution < 1.29 is 9.59 Å². The molecule has 0 aromatic carbocycles. The minimum absolute atomic E-state index is 0.0399. The van der Waals surface area contributed by atoms with Gasteiger partial charge in [-0.1, -0.05) is 0 Å². The Morgan fingerprint density at radius 3 is 2.78 bits per heavy atom. The third-order valence-corrected chi connectivity index (χ3v) is 4.41. The Hall–Kier alpha value is -1.49. The first kappa shape index (κ1) is 11.6. The van der Waals surface area contributed by atoms with Gasteiger partial charge in [0.1, 0.15) is 0 Å². The van der Waals surface area contributed by atoms with Crippen molar-refractivity contribution in [3.63, 3.8) is 0 Å². The van der Waals surface area contributed by atoms with Crippen LogP contribution in [0.5, 0.6) is 0 Å². The summed E-state index contributed by atoms with van der Waals surface area (Å²) >= 11 is 1.76. The molecule has 0 atom stereocenters. The zero-order chi connectivity index (χ0) is 12.5. The Balaban J connectivity index is 1.69.